The first-order chi connectivity index (χ1) is 10.2. The number of rotatable bonds is 3. The number of amides is 1. The summed E-state index contributed by atoms with van der Waals surface area (Å²) in [6, 6.07) is 11.2. The highest BCUT2D eigenvalue weighted by atomic mass is 16.5. The summed E-state index contributed by atoms with van der Waals surface area (Å²) in [6.45, 7) is 2.66. The fourth-order valence-corrected chi connectivity index (χ4v) is 2.44. The van der Waals surface area contributed by atoms with E-state index in [0.29, 0.717) is 23.6 Å². The molecule has 0 aliphatic carbocycles. The molecule has 0 fully saturated rings. The molecule has 0 radical (unpaired) electrons. The Morgan fingerprint density at radius 3 is 2.90 bits per heavy atom. The summed E-state index contributed by atoms with van der Waals surface area (Å²) in [5.41, 5.74) is 3.45. The first-order valence-electron chi connectivity index (χ1n) is 6.89. The highest BCUT2D eigenvalue weighted by Gasteiger charge is 2.16. The van der Waals surface area contributed by atoms with E-state index in [-0.39, 0.29) is 5.91 Å². The van der Waals surface area contributed by atoms with Crippen LogP contribution in [0.2, 0.25) is 0 Å². The number of hydrogen-bond donors (Lipinski definition) is 1. The topological polar surface area (TPSA) is 47.6 Å². The molecule has 3 rings (SSSR count). The molecule has 1 aliphatic rings. The van der Waals surface area contributed by atoms with Crippen LogP contribution in [0, 0.1) is 6.92 Å². The first-order valence-corrected chi connectivity index (χ1v) is 6.89. The predicted octanol–water partition coefficient (Wildman–Crippen LogP) is 3.19. The van der Waals surface area contributed by atoms with Gasteiger partial charge in [-0.15, -0.1) is 0 Å². The Bertz CT molecular complexity index is 694. The number of methoxy groups -OCH3 is 1. The smallest absolute Gasteiger partial charge is 0.255 e. The Balaban J connectivity index is 1.85. The van der Waals surface area contributed by atoms with Crippen LogP contribution in [-0.2, 0) is 6.42 Å². The molecule has 108 valence electrons. The van der Waals surface area contributed by atoms with E-state index in [4.69, 9.17) is 9.47 Å². The summed E-state index contributed by atoms with van der Waals surface area (Å²) in [5.74, 6) is 1.38. The van der Waals surface area contributed by atoms with Crippen LogP contribution in [0.25, 0.3) is 0 Å². The lowest BCUT2D eigenvalue weighted by molar-refractivity contribution is 0.102. The summed E-state index contributed by atoms with van der Waals surface area (Å²) in [5, 5.41) is 2.90. The van der Waals surface area contributed by atoms with E-state index < -0.39 is 0 Å². The van der Waals surface area contributed by atoms with Gasteiger partial charge in [0.2, 0.25) is 0 Å². The van der Waals surface area contributed by atoms with E-state index >= 15 is 0 Å². The van der Waals surface area contributed by atoms with E-state index in [1.165, 1.54) is 0 Å². The monoisotopic (exact) mass is 283 g/mol. The highest BCUT2D eigenvalue weighted by molar-refractivity contribution is 6.05. The summed E-state index contributed by atoms with van der Waals surface area (Å²) in [4.78, 5) is 12.4. The van der Waals surface area contributed by atoms with Gasteiger partial charge in [-0.25, -0.2) is 0 Å². The number of ether oxygens (including phenoxy) is 2. The highest BCUT2D eigenvalue weighted by Crippen LogP contribution is 2.28. The number of hydrogen-bond acceptors (Lipinski definition) is 3. The fraction of sp³-hybridized carbons (Fsp3) is 0.235. The second-order valence-electron chi connectivity index (χ2n) is 5.08. The Morgan fingerprint density at radius 1 is 1.24 bits per heavy atom. The van der Waals surface area contributed by atoms with Crippen molar-refractivity contribution < 1.29 is 14.3 Å². The molecule has 21 heavy (non-hydrogen) atoms. The quantitative estimate of drug-likeness (QED) is 0.941. The second kappa shape index (κ2) is 5.48. The third-order valence-electron chi connectivity index (χ3n) is 3.55. The van der Waals surface area contributed by atoms with Gasteiger partial charge in [-0.05, 0) is 48.4 Å². The van der Waals surface area contributed by atoms with E-state index in [1.54, 1.807) is 13.2 Å². The van der Waals surface area contributed by atoms with Crippen LogP contribution < -0.4 is 14.8 Å². The van der Waals surface area contributed by atoms with Crippen LogP contribution >= 0.6 is 0 Å². The fourth-order valence-electron chi connectivity index (χ4n) is 2.44. The average molecular weight is 283 g/mol. The van der Waals surface area contributed by atoms with Crippen molar-refractivity contribution in [3.63, 3.8) is 0 Å². The molecule has 0 bridgehead atoms. The first kappa shape index (κ1) is 13.5. The minimum absolute atomic E-state index is 0.145. The van der Waals surface area contributed by atoms with Gasteiger partial charge in [0, 0.05) is 12.0 Å². The number of carbonyl (C=O) groups is 1. The molecular weight excluding hydrogens is 266 g/mol. The minimum atomic E-state index is -0.145. The van der Waals surface area contributed by atoms with Gasteiger partial charge in [0.1, 0.15) is 11.5 Å². The lowest BCUT2D eigenvalue weighted by Gasteiger charge is -2.11. The molecule has 0 saturated carbocycles. The van der Waals surface area contributed by atoms with Crippen LogP contribution in [0.3, 0.4) is 0 Å². The Hall–Kier alpha value is -2.49. The molecule has 0 saturated heterocycles. The molecule has 4 nitrogen and oxygen atoms in total. The summed E-state index contributed by atoms with van der Waals surface area (Å²) >= 11 is 0. The van der Waals surface area contributed by atoms with Crippen LogP contribution in [0.5, 0.6) is 11.5 Å². The SMILES string of the molecule is COc1ccc(C)cc1NC(=O)c1ccc2c(c1)CCO2. The van der Waals surface area contributed by atoms with Crippen molar-refractivity contribution in [3.8, 4) is 11.5 Å². The summed E-state index contributed by atoms with van der Waals surface area (Å²) in [7, 11) is 1.59. The van der Waals surface area contributed by atoms with E-state index in [0.717, 1.165) is 23.3 Å². The maximum Gasteiger partial charge on any atom is 0.255 e. The number of carbonyl (C=O) groups excluding carboxylic acids is 1. The van der Waals surface area contributed by atoms with Gasteiger partial charge < -0.3 is 14.8 Å². The number of fused-ring (bicyclic) bond motifs is 1. The van der Waals surface area contributed by atoms with Gasteiger partial charge in [-0.1, -0.05) is 6.07 Å². The normalized spacial score (nSPS) is 12.5. The van der Waals surface area contributed by atoms with Gasteiger partial charge in [-0.2, -0.15) is 0 Å². The Labute approximate surface area is 123 Å². The van der Waals surface area contributed by atoms with Gasteiger partial charge in [-0.3, -0.25) is 4.79 Å². The van der Waals surface area contributed by atoms with Crippen LogP contribution in [0.4, 0.5) is 5.69 Å². The largest absolute Gasteiger partial charge is 0.495 e. The third kappa shape index (κ3) is 2.70. The lowest BCUT2D eigenvalue weighted by Crippen LogP contribution is -2.13. The zero-order chi connectivity index (χ0) is 14.8. The van der Waals surface area contributed by atoms with E-state index in [1.807, 2.05) is 37.3 Å². The van der Waals surface area contributed by atoms with Crippen LogP contribution in [0.1, 0.15) is 21.5 Å². The molecule has 1 heterocycles. The van der Waals surface area contributed by atoms with Crippen LogP contribution in [0.15, 0.2) is 36.4 Å². The number of aryl methyl sites for hydroxylation is 1. The maximum atomic E-state index is 12.4. The van der Waals surface area contributed by atoms with Crippen molar-refractivity contribution in [2.45, 2.75) is 13.3 Å². The van der Waals surface area contributed by atoms with E-state index in [9.17, 15) is 4.79 Å². The molecule has 2 aromatic rings. The van der Waals surface area contributed by atoms with Gasteiger partial charge in [0.25, 0.3) is 5.91 Å². The molecule has 0 atom stereocenters. The van der Waals surface area contributed by atoms with Crippen molar-refractivity contribution in [3.05, 3.63) is 53.1 Å². The lowest BCUT2D eigenvalue weighted by atomic mass is 10.1. The molecule has 1 aliphatic heterocycles. The molecule has 1 amide bonds. The molecular formula is C17H17NO3. The molecule has 2 aromatic carbocycles. The van der Waals surface area contributed by atoms with Crippen molar-refractivity contribution in [1.82, 2.24) is 0 Å². The molecule has 0 spiro atoms. The Kier molecular flexibility index (Phi) is 3.52. The molecule has 1 N–H and O–H groups in total. The van der Waals surface area contributed by atoms with E-state index in [2.05, 4.69) is 5.32 Å². The van der Waals surface area contributed by atoms with Crippen molar-refractivity contribution >= 4 is 11.6 Å². The molecule has 0 unspecified atom stereocenters. The minimum Gasteiger partial charge on any atom is -0.495 e. The van der Waals surface area contributed by atoms with Crippen molar-refractivity contribution in [2.24, 2.45) is 0 Å². The van der Waals surface area contributed by atoms with Crippen molar-refractivity contribution in [2.75, 3.05) is 19.0 Å². The molecule has 0 aromatic heterocycles. The number of benzene rings is 2. The number of nitrogens with one attached hydrogen (secondary N) is 1. The Morgan fingerprint density at radius 2 is 2.10 bits per heavy atom. The average Bonchev–Trinajstić information content (AvgIpc) is 2.94. The van der Waals surface area contributed by atoms with Gasteiger partial charge in [0.05, 0.1) is 19.4 Å². The maximum absolute atomic E-state index is 12.4. The third-order valence-corrected chi connectivity index (χ3v) is 3.55. The predicted molar refractivity (Wildman–Crippen MR) is 81.3 cm³/mol. The standard InChI is InChI=1S/C17H17NO3/c1-11-3-5-16(20-2)14(9-11)18-17(19)13-4-6-15-12(10-13)7-8-21-15/h3-6,9-10H,7-8H2,1-2H3,(H,18,19). The van der Waals surface area contributed by atoms with Crippen molar-refractivity contribution in [1.29, 1.82) is 0 Å². The molecule has 4 heteroatoms. The summed E-state index contributed by atoms with van der Waals surface area (Å²) < 4.78 is 10.7. The van der Waals surface area contributed by atoms with Crippen LogP contribution in [-0.4, -0.2) is 19.6 Å². The van der Waals surface area contributed by atoms with Gasteiger partial charge >= 0.3 is 0 Å². The summed E-state index contributed by atoms with van der Waals surface area (Å²) in [6.07, 6.45) is 0.851. The zero-order valence-electron chi connectivity index (χ0n) is 12.1. The second-order valence-corrected chi connectivity index (χ2v) is 5.08. The van der Waals surface area contributed by atoms with Gasteiger partial charge in [0.15, 0.2) is 0 Å². The zero-order valence-corrected chi connectivity index (χ0v) is 12.1. The number of anilines is 1.